The van der Waals surface area contributed by atoms with E-state index in [2.05, 4.69) is 15.4 Å². The van der Waals surface area contributed by atoms with E-state index < -0.39 is 71.2 Å². The second-order valence-corrected chi connectivity index (χ2v) is 11.5. The van der Waals surface area contributed by atoms with Crippen molar-refractivity contribution in [1.82, 2.24) is 15.5 Å². The fourth-order valence-electron chi connectivity index (χ4n) is 5.44. The lowest BCUT2D eigenvalue weighted by molar-refractivity contribution is -0.142. The van der Waals surface area contributed by atoms with Crippen molar-refractivity contribution in [3.63, 3.8) is 0 Å². The van der Waals surface area contributed by atoms with Gasteiger partial charge in [0.1, 0.15) is 29.8 Å². The second-order valence-electron chi connectivity index (χ2n) is 11.5. The van der Waals surface area contributed by atoms with Crippen molar-refractivity contribution < 1.29 is 37.9 Å². The van der Waals surface area contributed by atoms with Crippen LogP contribution in [0.2, 0.25) is 0 Å². The second kappa shape index (κ2) is 14.8. The van der Waals surface area contributed by atoms with Crippen LogP contribution in [0.4, 0.5) is 5.69 Å². The number of carbonyl (C=O) groups excluding carboxylic acids is 6. The van der Waals surface area contributed by atoms with E-state index in [1.165, 1.54) is 42.9 Å². The lowest BCUT2D eigenvalue weighted by Crippen LogP contribution is -2.59. The van der Waals surface area contributed by atoms with Crippen LogP contribution < -0.4 is 26.9 Å². The fourth-order valence-corrected chi connectivity index (χ4v) is 5.44. The average Bonchev–Trinajstić information content (AvgIpc) is 3.46. The van der Waals surface area contributed by atoms with Crippen molar-refractivity contribution in [2.24, 2.45) is 11.7 Å². The molecule has 0 aliphatic carbocycles. The number of fused-ring (bicyclic) bond motifs is 1. The molecular formula is C31H41N5O9. The van der Waals surface area contributed by atoms with Crippen molar-refractivity contribution in [1.29, 1.82) is 0 Å². The number of primary amides is 1. The summed E-state index contributed by atoms with van der Waals surface area (Å²) in [5, 5.41) is 5.70. The van der Waals surface area contributed by atoms with E-state index >= 15 is 0 Å². The molecule has 14 nitrogen and oxygen atoms in total. The monoisotopic (exact) mass is 627 g/mol. The van der Waals surface area contributed by atoms with Gasteiger partial charge in [-0.25, -0.2) is 4.79 Å². The van der Waals surface area contributed by atoms with E-state index in [4.69, 9.17) is 10.2 Å². The number of esters is 1. The molecule has 0 unspecified atom stereocenters. The molecule has 5 amide bonds. The zero-order valence-corrected chi connectivity index (χ0v) is 26.4. The summed E-state index contributed by atoms with van der Waals surface area (Å²) in [6.07, 6.45) is 0.490. The smallest absolute Gasteiger partial charge is 0.336 e. The summed E-state index contributed by atoms with van der Waals surface area (Å²) >= 11 is 0. The fraction of sp³-hybridized carbons (Fsp3) is 0.516. The minimum absolute atomic E-state index is 0.145. The van der Waals surface area contributed by atoms with Gasteiger partial charge in [-0.1, -0.05) is 13.8 Å². The van der Waals surface area contributed by atoms with Gasteiger partial charge >= 0.3 is 11.6 Å². The molecule has 244 valence electrons. The molecular weight excluding hydrogens is 586 g/mol. The molecule has 1 fully saturated rings. The SMILES string of the molecule is COC(=O)CCC(=O)N[C@@H](C)C(=O)N[C@@H](C)C(=O)N1CCC[C@H]1C(=O)N(c1ccc2c(C)cc(=O)oc2c1)[C@H](C(N)=O)C(C)C. The van der Waals surface area contributed by atoms with Crippen LogP contribution in [0, 0.1) is 12.8 Å². The Labute approximate surface area is 260 Å². The highest BCUT2D eigenvalue weighted by molar-refractivity contribution is 6.06. The number of rotatable bonds is 12. The summed E-state index contributed by atoms with van der Waals surface area (Å²) in [7, 11) is 1.20. The van der Waals surface area contributed by atoms with E-state index in [0.717, 1.165) is 0 Å². The van der Waals surface area contributed by atoms with Crippen LogP contribution in [0.15, 0.2) is 33.5 Å². The molecule has 1 aliphatic rings. The Morgan fingerprint density at radius 2 is 1.73 bits per heavy atom. The van der Waals surface area contributed by atoms with Gasteiger partial charge in [-0.15, -0.1) is 0 Å². The van der Waals surface area contributed by atoms with Crippen LogP contribution >= 0.6 is 0 Å². The molecule has 4 N–H and O–H groups in total. The number of methoxy groups -OCH3 is 1. The Hall–Kier alpha value is -4.75. The first kappa shape index (κ1) is 34.7. The minimum Gasteiger partial charge on any atom is -0.469 e. The highest BCUT2D eigenvalue weighted by Crippen LogP contribution is 2.30. The first-order valence-corrected chi connectivity index (χ1v) is 14.8. The Morgan fingerprint density at radius 1 is 1.04 bits per heavy atom. The van der Waals surface area contributed by atoms with Gasteiger partial charge in [0.2, 0.25) is 23.6 Å². The number of amides is 5. The van der Waals surface area contributed by atoms with E-state index in [1.807, 2.05) is 0 Å². The van der Waals surface area contributed by atoms with Crippen molar-refractivity contribution in [3.8, 4) is 0 Å². The summed E-state index contributed by atoms with van der Waals surface area (Å²) in [5.41, 5.74) is 6.40. The number of benzene rings is 1. The molecule has 0 saturated carbocycles. The number of likely N-dealkylation sites (tertiary alicyclic amines) is 1. The number of nitrogens with zero attached hydrogens (tertiary/aromatic N) is 2. The number of nitrogens with one attached hydrogen (secondary N) is 2. The van der Waals surface area contributed by atoms with Crippen molar-refractivity contribution in [2.75, 3.05) is 18.6 Å². The Balaban J connectivity index is 1.83. The molecule has 45 heavy (non-hydrogen) atoms. The number of hydrogen-bond donors (Lipinski definition) is 3. The first-order chi connectivity index (χ1) is 21.2. The van der Waals surface area contributed by atoms with Gasteiger partial charge in [0.25, 0.3) is 5.91 Å². The molecule has 2 aromatic rings. The molecule has 14 heteroatoms. The van der Waals surface area contributed by atoms with Crippen LogP contribution in [0.1, 0.15) is 58.9 Å². The molecule has 4 atom stereocenters. The number of carbonyl (C=O) groups is 6. The summed E-state index contributed by atoms with van der Waals surface area (Å²) in [6.45, 7) is 8.38. The van der Waals surface area contributed by atoms with Crippen molar-refractivity contribution >= 4 is 52.2 Å². The van der Waals surface area contributed by atoms with Gasteiger partial charge in [0.15, 0.2) is 0 Å². The molecule has 3 rings (SSSR count). The molecule has 0 spiro atoms. The summed E-state index contributed by atoms with van der Waals surface area (Å²) < 4.78 is 9.88. The molecule has 0 radical (unpaired) electrons. The predicted molar refractivity (Wildman–Crippen MR) is 164 cm³/mol. The third kappa shape index (κ3) is 8.25. The van der Waals surface area contributed by atoms with Gasteiger partial charge in [-0.05, 0) is 57.2 Å². The Bertz CT molecular complexity index is 1540. The zero-order chi connectivity index (χ0) is 33.6. The van der Waals surface area contributed by atoms with Gasteiger partial charge in [0.05, 0.1) is 13.5 Å². The number of nitrogens with two attached hydrogens (primary N) is 1. The maximum absolute atomic E-state index is 14.3. The molecule has 0 bridgehead atoms. The van der Waals surface area contributed by atoms with E-state index in [0.29, 0.717) is 23.8 Å². The standard InChI is InChI=1S/C31H41N5O9/c1-16(2)27(28(32)40)36(20-9-10-21-17(3)14-26(39)45-23(21)15-20)31(43)22-8-7-13-35(22)30(42)19(5)34-29(41)18(4)33-24(37)11-12-25(38)44-6/h9-10,14-16,18-19,22,27H,7-8,11-13H2,1-6H3,(H2,32,40)(H,33,37)(H,34,41)/t18-,19-,22-,27-/m0/s1. The summed E-state index contributed by atoms with van der Waals surface area (Å²) in [6, 6.07) is 2.08. The Morgan fingerprint density at radius 3 is 2.36 bits per heavy atom. The maximum Gasteiger partial charge on any atom is 0.336 e. The largest absolute Gasteiger partial charge is 0.469 e. The van der Waals surface area contributed by atoms with Gasteiger partial charge in [-0.3, -0.25) is 33.7 Å². The summed E-state index contributed by atoms with van der Waals surface area (Å²) in [4.78, 5) is 91.3. The summed E-state index contributed by atoms with van der Waals surface area (Å²) in [5.74, 6) is -3.95. The van der Waals surface area contributed by atoms with Gasteiger partial charge in [0, 0.05) is 36.2 Å². The molecule has 2 heterocycles. The zero-order valence-electron chi connectivity index (χ0n) is 26.4. The number of anilines is 1. The average molecular weight is 628 g/mol. The third-order valence-corrected chi connectivity index (χ3v) is 7.76. The third-order valence-electron chi connectivity index (χ3n) is 7.76. The normalized spacial score (nSPS) is 16.5. The molecule has 1 aliphatic heterocycles. The van der Waals surface area contributed by atoms with Gasteiger partial charge < -0.3 is 30.4 Å². The van der Waals surface area contributed by atoms with E-state index in [1.54, 1.807) is 32.9 Å². The van der Waals surface area contributed by atoms with Crippen molar-refractivity contribution in [3.05, 3.63) is 40.2 Å². The lowest BCUT2D eigenvalue weighted by atomic mass is 9.98. The van der Waals surface area contributed by atoms with E-state index in [-0.39, 0.29) is 30.7 Å². The first-order valence-electron chi connectivity index (χ1n) is 14.8. The van der Waals surface area contributed by atoms with Crippen LogP contribution in [0.5, 0.6) is 0 Å². The lowest BCUT2D eigenvalue weighted by Gasteiger charge is -2.36. The van der Waals surface area contributed by atoms with Crippen LogP contribution in [-0.2, 0) is 33.5 Å². The van der Waals surface area contributed by atoms with Crippen LogP contribution in [-0.4, -0.2) is 78.2 Å². The number of hydrogen-bond acceptors (Lipinski definition) is 9. The quantitative estimate of drug-likeness (QED) is 0.226. The molecule has 1 aromatic carbocycles. The van der Waals surface area contributed by atoms with Crippen LogP contribution in [0.25, 0.3) is 11.0 Å². The Kier molecular flexibility index (Phi) is 11.4. The van der Waals surface area contributed by atoms with Crippen molar-refractivity contribution in [2.45, 2.75) is 84.5 Å². The van der Waals surface area contributed by atoms with Gasteiger partial charge in [-0.2, -0.15) is 0 Å². The number of ether oxygens (including phenoxy) is 1. The molecule has 1 saturated heterocycles. The topological polar surface area (TPSA) is 198 Å². The van der Waals surface area contributed by atoms with E-state index in [9.17, 15) is 33.6 Å². The number of aryl methyl sites for hydroxylation is 1. The van der Waals surface area contributed by atoms with Crippen LogP contribution in [0.3, 0.4) is 0 Å². The maximum atomic E-state index is 14.3. The predicted octanol–water partition coefficient (Wildman–Crippen LogP) is 0.898. The highest BCUT2D eigenvalue weighted by Gasteiger charge is 2.42. The molecule has 1 aromatic heterocycles. The minimum atomic E-state index is -1.08. The highest BCUT2D eigenvalue weighted by atomic mass is 16.5.